The summed E-state index contributed by atoms with van der Waals surface area (Å²) in [7, 11) is 1.96. The van der Waals surface area contributed by atoms with Gasteiger partial charge in [0.2, 0.25) is 0 Å². The van der Waals surface area contributed by atoms with Crippen LogP contribution in [0.1, 0.15) is 11.4 Å². The molecule has 1 aromatic heterocycles. The summed E-state index contributed by atoms with van der Waals surface area (Å²) in [4.78, 5) is 0. The number of hydrazine groups is 1. The van der Waals surface area contributed by atoms with E-state index in [1.807, 2.05) is 30.4 Å². The lowest BCUT2D eigenvalue weighted by Gasteiger charge is -2.29. The van der Waals surface area contributed by atoms with Gasteiger partial charge in [0.1, 0.15) is 0 Å². The van der Waals surface area contributed by atoms with Crippen molar-refractivity contribution in [3.05, 3.63) is 17.5 Å². The second-order valence-corrected chi connectivity index (χ2v) is 5.51. The maximum absolute atomic E-state index is 5.76. The van der Waals surface area contributed by atoms with E-state index in [-0.39, 0.29) is 12.1 Å². The molecule has 1 aliphatic rings. The Labute approximate surface area is 106 Å². The second-order valence-electron chi connectivity index (χ2n) is 4.36. The molecule has 0 saturated carbocycles. The number of aromatic nitrogens is 2. The van der Waals surface area contributed by atoms with Crippen LogP contribution in [0.3, 0.4) is 0 Å². The third-order valence-corrected chi connectivity index (χ3v) is 4.05. The largest absolute Gasteiger partial charge is 0.375 e. The Kier molecular flexibility index (Phi) is 4.44. The van der Waals surface area contributed by atoms with Crippen molar-refractivity contribution in [3.8, 4) is 0 Å². The first kappa shape index (κ1) is 12.9. The number of aryl methyl sites for hydroxylation is 2. The molecule has 2 unspecified atom stereocenters. The molecule has 3 N–H and O–H groups in total. The van der Waals surface area contributed by atoms with Crippen molar-refractivity contribution in [1.29, 1.82) is 0 Å². The van der Waals surface area contributed by atoms with Crippen LogP contribution in [-0.2, 0) is 18.2 Å². The van der Waals surface area contributed by atoms with Crippen molar-refractivity contribution in [2.75, 3.05) is 18.1 Å². The molecule has 17 heavy (non-hydrogen) atoms. The predicted molar refractivity (Wildman–Crippen MR) is 69.8 cm³/mol. The summed E-state index contributed by atoms with van der Waals surface area (Å²) < 4.78 is 7.67. The standard InChI is InChI=1S/C11H20N4OS/c1-8-5-9(15(2)14-8)6-10(13-12)11-7-17-4-3-16-11/h5,10-11,13H,3-4,6-7,12H2,1-2H3. The molecular weight excluding hydrogens is 236 g/mol. The van der Waals surface area contributed by atoms with Crippen molar-refractivity contribution in [2.24, 2.45) is 12.9 Å². The molecule has 2 heterocycles. The number of thioether (sulfide) groups is 1. The van der Waals surface area contributed by atoms with E-state index in [2.05, 4.69) is 16.6 Å². The highest BCUT2D eigenvalue weighted by atomic mass is 32.2. The highest BCUT2D eigenvalue weighted by molar-refractivity contribution is 7.99. The number of hydrogen-bond donors (Lipinski definition) is 2. The third-order valence-electron chi connectivity index (χ3n) is 3.03. The van der Waals surface area contributed by atoms with Crippen molar-refractivity contribution in [2.45, 2.75) is 25.5 Å². The average molecular weight is 256 g/mol. The van der Waals surface area contributed by atoms with Gasteiger partial charge in [-0.15, -0.1) is 0 Å². The van der Waals surface area contributed by atoms with E-state index in [0.29, 0.717) is 0 Å². The summed E-state index contributed by atoms with van der Waals surface area (Å²) in [6, 6.07) is 2.25. The fourth-order valence-electron chi connectivity index (χ4n) is 2.12. The van der Waals surface area contributed by atoms with Gasteiger partial charge < -0.3 is 4.74 Å². The Bertz CT molecular complexity index is 362. The van der Waals surface area contributed by atoms with E-state index < -0.39 is 0 Å². The quantitative estimate of drug-likeness (QED) is 0.596. The molecule has 5 nitrogen and oxygen atoms in total. The van der Waals surface area contributed by atoms with Gasteiger partial charge in [-0.1, -0.05) is 0 Å². The summed E-state index contributed by atoms with van der Waals surface area (Å²) in [5.41, 5.74) is 5.10. The van der Waals surface area contributed by atoms with Gasteiger partial charge in [0.05, 0.1) is 24.4 Å². The molecule has 2 atom stereocenters. The molecule has 0 spiro atoms. The SMILES string of the molecule is Cc1cc(CC(NN)C2CSCCO2)n(C)n1. The zero-order valence-electron chi connectivity index (χ0n) is 10.3. The van der Waals surface area contributed by atoms with Crippen LogP contribution in [-0.4, -0.2) is 40.0 Å². The van der Waals surface area contributed by atoms with Gasteiger partial charge in [0.25, 0.3) is 0 Å². The number of nitrogens with two attached hydrogens (primary N) is 1. The molecule has 0 radical (unpaired) electrons. The second kappa shape index (κ2) is 5.86. The average Bonchev–Trinajstić information content (AvgIpc) is 2.66. The minimum Gasteiger partial charge on any atom is -0.375 e. The van der Waals surface area contributed by atoms with Gasteiger partial charge in [-0.3, -0.25) is 16.0 Å². The molecule has 0 bridgehead atoms. The van der Waals surface area contributed by atoms with Crippen LogP contribution >= 0.6 is 11.8 Å². The summed E-state index contributed by atoms with van der Waals surface area (Å²) >= 11 is 1.92. The number of rotatable bonds is 4. The van der Waals surface area contributed by atoms with E-state index in [4.69, 9.17) is 10.6 Å². The maximum atomic E-state index is 5.76. The molecule has 0 amide bonds. The van der Waals surface area contributed by atoms with Gasteiger partial charge in [-0.05, 0) is 13.0 Å². The monoisotopic (exact) mass is 256 g/mol. The Morgan fingerprint density at radius 2 is 2.59 bits per heavy atom. The fraction of sp³-hybridized carbons (Fsp3) is 0.727. The predicted octanol–water partition coefficient (Wildman–Crippen LogP) is 0.235. The minimum absolute atomic E-state index is 0.151. The number of nitrogens with one attached hydrogen (secondary N) is 1. The molecule has 2 rings (SSSR count). The summed E-state index contributed by atoms with van der Waals surface area (Å²) in [5.74, 6) is 7.73. The van der Waals surface area contributed by atoms with E-state index in [9.17, 15) is 0 Å². The van der Waals surface area contributed by atoms with Crippen molar-refractivity contribution in [1.82, 2.24) is 15.2 Å². The Morgan fingerprint density at radius 3 is 3.12 bits per heavy atom. The molecule has 0 aromatic carbocycles. The Balaban J connectivity index is 2.01. The van der Waals surface area contributed by atoms with Crippen molar-refractivity contribution >= 4 is 11.8 Å². The lowest BCUT2D eigenvalue weighted by atomic mass is 10.1. The van der Waals surface area contributed by atoms with Crippen LogP contribution in [0, 0.1) is 6.92 Å². The lowest BCUT2D eigenvalue weighted by Crippen LogP contribution is -2.49. The molecule has 6 heteroatoms. The summed E-state index contributed by atoms with van der Waals surface area (Å²) in [6.07, 6.45) is 1.04. The van der Waals surface area contributed by atoms with Gasteiger partial charge in [-0.25, -0.2) is 0 Å². The fourth-order valence-corrected chi connectivity index (χ4v) is 3.06. The molecule has 1 fully saturated rings. The minimum atomic E-state index is 0.151. The van der Waals surface area contributed by atoms with E-state index in [1.165, 1.54) is 5.69 Å². The van der Waals surface area contributed by atoms with E-state index in [0.717, 1.165) is 30.2 Å². The Hall–Kier alpha value is -0.560. The van der Waals surface area contributed by atoms with Crippen LogP contribution in [0.5, 0.6) is 0 Å². The lowest BCUT2D eigenvalue weighted by molar-refractivity contribution is 0.0467. The molecule has 1 saturated heterocycles. The molecule has 1 aromatic rings. The molecule has 96 valence electrons. The van der Waals surface area contributed by atoms with Crippen LogP contribution in [0.15, 0.2) is 6.07 Å². The third kappa shape index (κ3) is 3.22. The van der Waals surface area contributed by atoms with Crippen LogP contribution in [0.25, 0.3) is 0 Å². The summed E-state index contributed by atoms with van der Waals surface area (Å²) in [6.45, 7) is 2.82. The molecule has 0 aliphatic carbocycles. The first-order valence-electron chi connectivity index (χ1n) is 5.85. The van der Waals surface area contributed by atoms with Crippen LogP contribution < -0.4 is 11.3 Å². The number of nitrogens with zero attached hydrogens (tertiary/aromatic N) is 2. The zero-order chi connectivity index (χ0) is 12.3. The molecular formula is C11H20N4OS. The smallest absolute Gasteiger partial charge is 0.0835 e. The maximum Gasteiger partial charge on any atom is 0.0835 e. The Morgan fingerprint density at radius 1 is 1.76 bits per heavy atom. The van der Waals surface area contributed by atoms with Gasteiger partial charge in [0, 0.05) is 30.7 Å². The number of hydrogen-bond acceptors (Lipinski definition) is 5. The van der Waals surface area contributed by atoms with Gasteiger partial charge >= 0.3 is 0 Å². The number of ether oxygens (including phenoxy) is 1. The van der Waals surface area contributed by atoms with Crippen LogP contribution in [0.4, 0.5) is 0 Å². The first-order valence-corrected chi connectivity index (χ1v) is 7.01. The van der Waals surface area contributed by atoms with Crippen molar-refractivity contribution < 1.29 is 4.74 Å². The van der Waals surface area contributed by atoms with E-state index >= 15 is 0 Å². The van der Waals surface area contributed by atoms with Crippen molar-refractivity contribution in [3.63, 3.8) is 0 Å². The topological polar surface area (TPSA) is 65.1 Å². The van der Waals surface area contributed by atoms with Gasteiger partial charge in [0.15, 0.2) is 0 Å². The normalized spacial score (nSPS) is 22.6. The molecule has 1 aliphatic heterocycles. The van der Waals surface area contributed by atoms with Gasteiger partial charge in [-0.2, -0.15) is 16.9 Å². The highest BCUT2D eigenvalue weighted by Crippen LogP contribution is 2.17. The zero-order valence-corrected chi connectivity index (χ0v) is 11.2. The van der Waals surface area contributed by atoms with E-state index in [1.54, 1.807) is 0 Å². The van der Waals surface area contributed by atoms with Crippen LogP contribution in [0.2, 0.25) is 0 Å². The first-order chi connectivity index (χ1) is 8.20. The summed E-state index contributed by atoms with van der Waals surface area (Å²) in [5, 5.41) is 4.35. The highest BCUT2D eigenvalue weighted by Gasteiger charge is 2.25.